The summed E-state index contributed by atoms with van der Waals surface area (Å²) in [6.45, 7) is 7.56. The molecule has 1 atom stereocenters. The van der Waals surface area contributed by atoms with Crippen molar-refractivity contribution in [3.8, 4) is 0 Å². The van der Waals surface area contributed by atoms with Crippen LogP contribution in [0.1, 0.15) is 43.7 Å². The van der Waals surface area contributed by atoms with Gasteiger partial charge in [0.05, 0.1) is 6.54 Å². The summed E-state index contributed by atoms with van der Waals surface area (Å²) in [7, 11) is 0. The lowest BCUT2D eigenvalue weighted by Gasteiger charge is -2.29. The van der Waals surface area contributed by atoms with Gasteiger partial charge in [-0.1, -0.05) is 25.1 Å². The fourth-order valence-electron chi connectivity index (χ4n) is 2.29. The molecule has 0 aliphatic heterocycles. The van der Waals surface area contributed by atoms with E-state index in [0.717, 1.165) is 13.0 Å². The quantitative estimate of drug-likeness (QED) is 0.843. The van der Waals surface area contributed by atoms with Crippen LogP contribution in [-0.2, 0) is 6.54 Å². The second-order valence-corrected chi connectivity index (χ2v) is 6.44. The van der Waals surface area contributed by atoms with Gasteiger partial charge in [0.15, 0.2) is 0 Å². The third kappa shape index (κ3) is 3.62. The van der Waals surface area contributed by atoms with Crippen LogP contribution in [0.4, 0.5) is 5.69 Å². The predicted octanol–water partition coefficient (Wildman–Crippen LogP) is 4.57. The lowest BCUT2D eigenvalue weighted by atomic mass is 10.0. The molecule has 1 aromatic heterocycles. The standard InChI is InChI=1S/C17H24N2S/c1-4-17(18)14-7-9-15(10-8-14)19(13(2)3)12-16-6-5-11-20-16/h5-11,13,17H,4,12,18H2,1-3H3/t17-/m0/s1. The molecule has 0 aliphatic rings. The van der Waals surface area contributed by atoms with E-state index in [9.17, 15) is 0 Å². The summed E-state index contributed by atoms with van der Waals surface area (Å²) in [4.78, 5) is 3.82. The van der Waals surface area contributed by atoms with E-state index in [1.54, 1.807) is 0 Å². The number of hydrogen-bond acceptors (Lipinski definition) is 3. The molecule has 1 heterocycles. The molecule has 0 unspecified atom stereocenters. The average Bonchev–Trinajstić information content (AvgIpc) is 2.97. The highest BCUT2D eigenvalue weighted by atomic mass is 32.1. The zero-order chi connectivity index (χ0) is 14.5. The summed E-state index contributed by atoms with van der Waals surface area (Å²) >= 11 is 1.81. The first-order chi connectivity index (χ1) is 9.61. The van der Waals surface area contributed by atoms with Crippen molar-refractivity contribution >= 4 is 17.0 Å². The minimum atomic E-state index is 0.147. The van der Waals surface area contributed by atoms with Crippen LogP contribution in [-0.4, -0.2) is 6.04 Å². The Labute approximate surface area is 126 Å². The van der Waals surface area contributed by atoms with Gasteiger partial charge >= 0.3 is 0 Å². The average molecular weight is 288 g/mol. The molecule has 2 nitrogen and oxygen atoms in total. The van der Waals surface area contributed by atoms with Crippen LogP contribution in [0.3, 0.4) is 0 Å². The molecule has 0 fully saturated rings. The van der Waals surface area contributed by atoms with Gasteiger partial charge in [-0.2, -0.15) is 0 Å². The first kappa shape index (κ1) is 15.1. The van der Waals surface area contributed by atoms with Crippen molar-refractivity contribution in [3.63, 3.8) is 0 Å². The molecule has 0 saturated heterocycles. The Kier molecular flexibility index (Phi) is 5.21. The molecule has 2 aromatic rings. The van der Waals surface area contributed by atoms with Gasteiger partial charge in [0.1, 0.15) is 0 Å². The zero-order valence-electron chi connectivity index (χ0n) is 12.5. The summed E-state index contributed by atoms with van der Waals surface area (Å²) < 4.78 is 0. The Morgan fingerprint density at radius 2 is 1.85 bits per heavy atom. The third-order valence-corrected chi connectivity index (χ3v) is 4.48. The number of thiophene rings is 1. The van der Waals surface area contributed by atoms with E-state index in [2.05, 4.69) is 67.4 Å². The van der Waals surface area contributed by atoms with Gasteiger partial charge in [-0.05, 0) is 49.4 Å². The Balaban J connectivity index is 2.17. The van der Waals surface area contributed by atoms with E-state index >= 15 is 0 Å². The van der Waals surface area contributed by atoms with Crippen LogP contribution in [0.5, 0.6) is 0 Å². The van der Waals surface area contributed by atoms with Crippen molar-refractivity contribution in [3.05, 3.63) is 52.2 Å². The van der Waals surface area contributed by atoms with E-state index in [1.165, 1.54) is 16.1 Å². The summed E-state index contributed by atoms with van der Waals surface area (Å²) in [5.41, 5.74) is 8.56. The van der Waals surface area contributed by atoms with Crippen molar-refractivity contribution in [1.82, 2.24) is 0 Å². The fourth-order valence-corrected chi connectivity index (χ4v) is 2.99. The number of rotatable bonds is 6. The van der Waals surface area contributed by atoms with E-state index in [0.29, 0.717) is 6.04 Å². The normalized spacial score (nSPS) is 12.7. The molecule has 0 aliphatic carbocycles. The Morgan fingerprint density at radius 3 is 2.35 bits per heavy atom. The lowest BCUT2D eigenvalue weighted by Crippen LogP contribution is -2.29. The van der Waals surface area contributed by atoms with Gasteiger partial charge in [0.25, 0.3) is 0 Å². The number of hydrogen-bond donors (Lipinski definition) is 1. The maximum atomic E-state index is 6.08. The molecular formula is C17H24N2S. The first-order valence-corrected chi connectivity index (χ1v) is 8.14. The molecule has 0 radical (unpaired) electrons. The Bertz CT molecular complexity index is 502. The zero-order valence-corrected chi connectivity index (χ0v) is 13.4. The number of nitrogens with two attached hydrogens (primary N) is 1. The Morgan fingerprint density at radius 1 is 1.15 bits per heavy atom. The number of nitrogens with zero attached hydrogens (tertiary/aromatic N) is 1. The maximum absolute atomic E-state index is 6.08. The van der Waals surface area contributed by atoms with Crippen LogP contribution in [0.15, 0.2) is 41.8 Å². The first-order valence-electron chi connectivity index (χ1n) is 7.26. The number of anilines is 1. The lowest BCUT2D eigenvalue weighted by molar-refractivity contribution is 0.682. The van der Waals surface area contributed by atoms with E-state index in [1.807, 2.05) is 11.3 Å². The largest absolute Gasteiger partial charge is 0.364 e. The SMILES string of the molecule is CC[C@H](N)c1ccc(N(Cc2cccs2)C(C)C)cc1. The van der Waals surface area contributed by atoms with Crippen molar-refractivity contribution < 1.29 is 0 Å². The molecule has 20 heavy (non-hydrogen) atoms. The highest BCUT2D eigenvalue weighted by Gasteiger charge is 2.12. The molecule has 1 aromatic carbocycles. The van der Waals surface area contributed by atoms with Gasteiger partial charge in [0, 0.05) is 22.6 Å². The van der Waals surface area contributed by atoms with Crippen LogP contribution < -0.4 is 10.6 Å². The summed E-state index contributed by atoms with van der Waals surface area (Å²) in [6, 6.07) is 13.6. The van der Waals surface area contributed by atoms with Gasteiger partial charge in [0.2, 0.25) is 0 Å². The van der Waals surface area contributed by atoms with Gasteiger partial charge in [-0.25, -0.2) is 0 Å². The van der Waals surface area contributed by atoms with Gasteiger partial charge < -0.3 is 10.6 Å². The minimum absolute atomic E-state index is 0.147. The van der Waals surface area contributed by atoms with E-state index < -0.39 is 0 Å². The van der Waals surface area contributed by atoms with Crippen LogP contribution >= 0.6 is 11.3 Å². The van der Waals surface area contributed by atoms with Crippen LogP contribution in [0.25, 0.3) is 0 Å². The smallest absolute Gasteiger partial charge is 0.0525 e. The van der Waals surface area contributed by atoms with Gasteiger partial charge in [-0.3, -0.25) is 0 Å². The maximum Gasteiger partial charge on any atom is 0.0525 e. The van der Waals surface area contributed by atoms with Crippen LogP contribution in [0, 0.1) is 0 Å². The molecule has 108 valence electrons. The summed E-state index contributed by atoms with van der Waals surface area (Å²) in [6.07, 6.45) is 0.975. The van der Waals surface area contributed by atoms with Crippen molar-refractivity contribution in [1.29, 1.82) is 0 Å². The predicted molar refractivity (Wildman–Crippen MR) is 89.3 cm³/mol. The van der Waals surface area contributed by atoms with Crippen molar-refractivity contribution in [2.24, 2.45) is 5.73 Å². The van der Waals surface area contributed by atoms with Gasteiger partial charge in [-0.15, -0.1) is 11.3 Å². The molecule has 0 saturated carbocycles. The molecule has 0 amide bonds. The highest BCUT2D eigenvalue weighted by Crippen LogP contribution is 2.24. The molecule has 2 rings (SSSR count). The van der Waals surface area contributed by atoms with Crippen molar-refractivity contribution in [2.75, 3.05) is 4.90 Å². The highest BCUT2D eigenvalue weighted by molar-refractivity contribution is 7.09. The molecule has 2 N–H and O–H groups in total. The molecule has 0 bridgehead atoms. The summed E-state index contributed by atoms with van der Waals surface area (Å²) in [5.74, 6) is 0. The third-order valence-electron chi connectivity index (χ3n) is 3.62. The van der Waals surface area contributed by atoms with Crippen LogP contribution in [0.2, 0.25) is 0 Å². The molecule has 3 heteroatoms. The van der Waals surface area contributed by atoms with Crippen molar-refractivity contribution in [2.45, 2.75) is 45.8 Å². The second kappa shape index (κ2) is 6.91. The Hall–Kier alpha value is -1.32. The fraction of sp³-hybridized carbons (Fsp3) is 0.412. The monoisotopic (exact) mass is 288 g/mol. The van der Waals surface area contributed by atoms with E-state index in [-0.39, 0.29) is 6.04 Å². The molecular weight excluding hydrogens is 264 g/mol. The minimum Gasteiger partial charge on any atom is -0.364 e. The van der Waals surface area contributed by atoms with E-state index in [4.69, 9.17) is 5.73 Å². The second-order valence-electron chi connectivity index (χ2n) is 5.41. The molecule has 0 spiro atoms. The topological polar surface area (TPSA) is 29.3 Å². The number of benzene rings is 1. The summed E-state index contributed by atoms with van der Waals surface area (Å²) in [5, 5.41) is 2.14.